The zero-order valence-electron chi connectivity index (χ0n) is 11.7. The molecule has 0 saturated carbocycles. The summed E-state index contributed by atoms with van der Waals surface area (Å²) in [6.07, 6.45) is 1.75. The Morgan fingerprint density at radius 3 is 2.84 bits per heavy atom. The van der Waals surface area contributed by atoms with Gasteiger partial charge in [0.05, 0.1) is 7.11 Å². The standard InChI is InChI=1S/C15H21NO3/c1-10(2)16-11(7-8-15(17)18)9-12-13(16)5-4-6-14(12)19-3/h4-6,10-11H,7-9H2,1-3H3,(H,17,18). The van der Waals surface area contributed by atoms with Crippen molar-refractivity contribution in [2.24, 2.45) is 0 Å². The molecule has 0 fully saturated rings. The van der Waals surface area contributed by atoms with Crippen LogP contribution in [0.15, 0.2) is 18.2 Å². The fourth-order valence-electron chi connectivity index (χ4n) is 2.95. The fourth-order valence-corrected chi connectivity index (χ4v) is 2.95. The molecule has 1 N–H and O–H groups in total. The highest BCUT2D eigenvalue weighted by Crippen LogP contribution is 2.40. The third-order valence-corrected chi connectivity index (χ3v) is 3.69. The normalized spacial score (nSPS) is 17.7. The Labute approximate surface area is 114 Å². The van der Waals surface area contributed by atoms with Gasteiger partial charge in [-0.05, 0) is 38.8 Å². The van der Waals surface area contributed by atoms with E-state index in [1.165, 1.54) is 11.3 Å². The molecule has 4 nitrogen and oxygen atoms in total. The van der Waals surface area contributed by atoms with E-state index in [4.69, 9.17) is 9.84 Å². The Bertz CT molecular complexity index is 470. The van der Waals surface area contributed by atoms with Gasteiger partial charge in [0, 0.05) is 29.8 Å². The molecule has 0 saturated heterocycles. The quantitative estimate of drug-likeness (QED) is 0.887. The number of carboxylic acids is 1. The fraction of sp³-hybridized carbons (Fsp3) is 0.533. The highest BCUT2D eigenvalue weighted by molar-refractivity contribution is 5.68. The molecule has 0 spiro atoms. The van der Waals surface area contributed by atoms with E-state index < -0.39 is 5.97 Å². The number of nitrogens with zero attached hydrogens (tertiary/aromatic N) is 1. The lowest BCUT2D eigenvalue weighted by molar-refractivity contribution is -0.137. The van der Waals surface area contributed by atoms with E-state index in [0.717, 1.165) is 12.2 Å². The van der Waals surface area contributed by atoms with Gasteiger partial charge in [0.2, 0.25) is 0 Å². The van der Waals surface area contributed by atoms with E-state index in [1.54, 1.807) is 7.11 Å². The van der Waals surface area contributed by atoms with Gasteiger partial charge in [0.15, 0.2) is 0 Å². The van der Waals surface area contributed by atoms with Gasteiger partial charge in [-0.2, -0.15) is 0 Å². The SMILES string of the molecule is COc1cccc2c1CC(CCC(=O)O)N2C(C)C. The van der Waals surface area contributed by atoms with Gasteiger partial charge in [0.1, 0.15) is 5.75 Å². The molecule has 1 heterocycles. The lowest BCUT2D eigenvalue weighted by Gasteiger charge is -2.31. The van der Waals surface area contributed by atoms with Gasteiger partial charge >= 0.3 is 5.97 Å². The van der Waals surface area contributed by atoms with Crippen molar-refractivity contribution in [2.75, 3.05) is 12.0 Å². The maximum absolute atomic E-state index is 10.8. The molecule has 1 aromatic rings. The highest BCUT2D eigenvalue weighted by atomic mass is 16.5. The van der Waals surface area contributed by atoms with Crippen LogP contribution in [0.3, 0.4) is 0 Å². The minimum absolute atomic E-state index is 0.212. The molecule has 1 atom stereocenters. The summed E-state index contributed by atoms with van der Waals surface area (Å²) in [7, 11) is 1.68. The van der Waals surface area contributed by atoms with Gasteiger partial charge in [-0.15, -0.1) is 0 Å². The molecule has 1 aliphatic heterocycles. The van der Waals surface area contributed by atoms with Crippen LogP contribution in [0.4, 0.5) is 5.69 Å². The monoisotopic (exact) mass is 263 g/mol. The van der Waals surface area contributed by atoms with Crippen molar-refractivity contribution in [1.82, 2.24) is 0 Å². The second kappa shape index (κ2) is 5.51. The Kier molecular flexibility index (Phi) is 3.98. The topological polar surface area (TPSA) is 49.8 Å². The molecule has 0 aromatic heterocycles. The molecule has 1 aromatic carbocycles. The van der Waals surface area contributed by atoms with E-state index in [2.05, 4.69) is 24.8 Å². The summed E-state index contributed by atoms with van der Waals surface area (Å²) in [6.45, 7) is 4.28. The maximum Gasteiger partial charge on any atom is 0.303 e. The Morgan fingerprint density at radius 1 is 1.53 bits per heavy atom. The van der Waals surface area contributed by atoms with Crippen LogP contribution in [0.1, 0.15) is 32.3 Å². The van der Waals surface area contributed by atoms with Crippen molar-refractivity contribution >= 4 is 11.7 Å². The Hall–Kier alpha value is -1.71. The predicted octanol–water partition coefficient (Wildman–Crippen LogP) is 2.70. The number of carbonyl (C=O) groups is 1. The molecule has 0 bridgehead atoms. The van der Waals surface area contributed by atoms with E-state index in [9.17, 15) is 4.79 Å². The van der Waals surface area contributed by atoms with Crippen LogP contribution >= 0.6 is 0 Å². The first-order valence-electron chi connectivity index (χ1n) is 6.70. The smallest absolute Gasteiger partial charge is 0.303 e. The first-order chi connectivity index (χ1) is 9.04. The molecule has 2 rings (SSSR count). The van der Waals surface area contributed by atoms with Crippen molar-refractivity contribution in [2.45, 2.75) is 45.2 Å². The van der Waals surface area contributed by atoms with E-state index in [-0.39, 0.29) is 12.5 Å². The number of aliphatic carboxylic acids is 1. The van der Waals surface area contributed by atoms with Gasteiger partial charge in [-0.3, -0.25) is 4.79 Å². The molecular weight excluding hydrogens is 242 g/mol. The number of rotatable bonds is 5. The van der Waals surface area contributed by atoms with Crippen LogP contribution in [-0.4, -0.2) is 30.3 Å². The van der Waals surface area contributed by atoms with Crippen LogP contribution in [-0.2, 0) is 11.2 Å². The lowest BCUT2D eigenvalue weighted by atomic mass is 10.0. The van der Waals surface area contributed by atoms with Gasteiger partial charge in [0.25, 0.3) is 0 Å². The third kappa shape index (κ3) is 2.67. The van der Waals surface area contributed by atoms with Crippen molar-refractivity contribution in [1.29, 1.82) is 0 Å². The van der Waals surface area contributed by atoms with Crippen LogP contribution in [0, 0.1) is 0 Å². The Morgan fingerprint density at radius 2 is 2.26 bits per heavy atom. The Balaban J connectivity index is 2.28. The minimum Gasteiger partial charge on any atom is -0.496 e. The number of hydrogen-bond donors (Lipinski definition) is 1. The molecule has 19 heavy (non-hydrogen) atoms. The molecule has 104 valence electrons. The summed E-state index contributed by atoms with van der Waals surface area (Å²) in [5, 5.41) is 8.87. The molecular formula is C15H21NO3. The largest absolute Gasteiger partial charge is 0.496 e. The second-order valence-corrected chi connectivity index (χ2v) is 5.25. The first kappa shape index (κ1) is 13.7. The zero-order chi connectivity index (χ0) is 14.0. The molecule has 1 aliphatic rings. The van der Waals surface area contributed by atoms with Crippen molar-refractivity contribution in [3.05, 3.63) is 23.8 Å². The summed E-state index contributed by atoms with van der Waals surface area (Å²) in [5.74, 6) is 0.174. The number of hydrogen-bond acceptors (Lipinski definition) is 3. The summed E-state index contributed by atoms with van der Waals surface area (Å²) in [4.78, 5) is 13.1. The summed E-state index contributed by atoms with van der Waals surface area (Å²) >= 11 is 0. The molecule has 0 radical (unpaired) electrons. The lowest BCUT2D eigenvalue weighted by Crippen LogP contribution is -2.38. The third-order valence-electron chi connectivity index (χ3n) is 3.69. The summed E-state index contributed by atoms with van der Waals surface area (Å²) < 4.78 is 5.42. The number of fused-ring (bicyclic) bond motifs is 1. The van der Waals surface area contributed by atoms with E-state index in [0.29, 0.717) is 12.5 Å². The number of methoxy groups -OCH3 is 1. The van der Waals surface area contributed by atoms with E-state index in [1.807, 2.05) is 12.1 Å². The first-order valence-corrected chi connectivity index (χ1v) is 6.70. The highest BCUT2D eigenvalue weighted by Gasteiger charge is 2.32. The number of carboxylic acid groups (broad SMARTS) is 1. The van der Waals surface area contributed by atoms with Crippen LogP contribution < -0.4 is 9.64 Å². The number of ether oxygens (including phenoxy) is 1. The van der Waals surface area contributed by atoms with Crippen molar-refractivity contribution in [3.63, 3.8) is 0 Å². The van der Waals surface area contributed by atoms with Crippen LogP contribution in [0.2, 0.25) is 0 Å². The molecule has 0 aliphatic carbocycles. The van der Waals surface area contributed by atoms with Crippen LogP contribution in [0.5, 0.6) is 5.75 Å². The average Bonchev–Trinajstić information content (AvgIpc) is 2.74. The summed E-state index contributed by atoms with van der Waals surface area (Å²) in [5.41, 5.74) is 2.39. The van der Waals surface area contributed by atoms with Gasteiger partial charge in [-0.1, -0.05) is 6.07 Å². The van der Waals surface area contributed by atoms with Crippen molar-refractivity contribution < 1.29 is 14.6 Å². The van der Waals surface area contributed by atoms with Gasteiger partial charge in [-0.25, -0.2) is 0 Å². The summed E-state index contributed by atoms with van der Waals surface area (Å²) in [6, 6.07) is 6.66. The van der Waals surface area contributed by atoms with Gasteiger partial charge < -0.3 is 14.7 Å². The van der Waals surface area contributed by atoms with Crippen LogP contribution in [0.25, 0.3) is 0 Å². The minimum atomic E-state index is -0.730. The zero-order valence-corrected chi connectivity index (χ0v) is 11.7. The number of benzene rings is 1. The molecule has 4 heteroatoms. The maximum atomic E-state index is 10.8. The van der Waals surface area contributed by atoms with E-state index >= 15 is 0 Å². The molecule has 0 amide bonds. The average molecular weight is 263 g/mol. The molecule has 1 unspecified atom stereocenters. The van der Waals surface area contributed by atoms with Crippen molar-refractivity contribution in [3.8, 4) is 5.75 Å². The number of anilines is 1. The predicted molar refractivity (Wildman–Crippen MR) is 75.0 cm³/mol. The second-order valence-electron chi connectivity index (χ2n) is 5.25.